The van der Waals surface area contributed by atoms with Crippen molar-refractivity contribution in [3.63, 3.8) is 0 Å². The van der Waals surface area contributed by atoms with Crippen LogP contribution < -0.4 is 20.3 Å². The molecular formula is C27H29FN2O4. The van der Waals surface area contributed by atoms with E-state index in [1.807, 2.05) is 12.1 Å². The largest absolute Gasteiger partial charge is 0.491 e. The van der Waals surface area contributed by atoms with Gasteiger partial charge < -0.3 is 19.5 Å². The van der Waals surface area contributed by atoms with Crippen LogP contribution in [0, 0.1) is 5.82 Å². The molecule has 4 heterocycles. The van der Waals surface area contributed by atoms with Crippen LogP contribution in [0.3, 0.4) is 0 Å². The zero-order valence-corrected chi connectivity index (χ0v) is 19.0. The zero-order chi connectivity index (χ0) is 23.1. The first-order valence-electron chi connectivity index (χ1n) is 12.2. The normalized spacial score (nSPS) is 26.1. The summed E-state index contributed by atoms with van der Waals surface area (Å²) in [7, 11) is 0. The Balaban J connectivity index is 1.20. The Labute approximate surface area is 197 Å². The number of nitrogens with one attached hydrogen (secondary N) is 1. The minimum atomic E-state index is -0.451. The number of fused-ring (bicyclic) bond motifs is 3. The second kappa shape index (κ2) is 9.04. The minimum absolute atomic E-state index is 0.0270. The van der Waals surface area contributed by atoms with E-state index in [-0.39, 0.29) is 23.5 Å². The molecule has 3 aliphatic heterocycles. The highest BCUT2D eigenvalue weighted by molar-refractivity contribution is 5.83. The van der Waals surface area contributed by atoms with Crippen LogP contribution in [0.25, 0.3) is 16.5 Å². The average Bonchev–Trinajstić information content (AvgIpc) is 3.48. The first-order valence-corrected chi connectivity index (χ1v) is 12.2. The van der Waals surface area contributed by atoms with Gasteiger partial charge in [-0.1, -0.05) is 0 Å². The Morgan fingerprint density at radius 3 is 2.68 bits per heavy atom. The van der Waals surface area contributed by atoms with Gasteiger partial charge in [0.2, 0.25) is 0 Å². The summed E-state index contributed by atoms with van der Waals surface area (Å²) in [5, 5.41) is 4.91. The summed E-state index contributed by atoms with van der Waals surface area (Å²) in [6.45, 7) is 1.30. The molecule has 178 valence electrons. The number of nitrogens with zero attached hydrogens (tertiary/aromatic N) is 1. The van der Waals surface area contributed by atoms with Gasteiger partial charge in [0.05, 0.1) is 11.8 Å². The summed E-state index contributed by atoms with van der Waals surface area (Å²) in [5.41, 5.74) is 0.270. The molecule has 6 rings (SSSR count). The monoisotopic (exact) mass is 464 g/mol. The van der Waals surface area contributed by atoms with Crippen molar-refractivity contribution in [2.75, 3.05) is 13.2 Å². The third-order valence-electron chi connectivity index (χ3n) is 7.25. The molecule has 3 atom stereocenters. The van der Waals surface area contributed by atoms with Gasteiger partial charge in [-0.05, 0) is 80.3 Å². The van der Waals surface area contributed by atoms with Gasteiger partial charge in [-0.2, -0.15) is 0 Å². The molecule has 0 spiro atoms. The van der Waals surface area contributed by atoms with Crippen LogP contribution in [0.15, 0.2) is 53.5 Å². The SMILES string of the molecule is O=c1c2ccc(OCC3CCCO3)cc2ccn1-c1ccc(OC2CC3CCC(C2)N3)c(F)c1. The number of halogens is 1. The van der Waals surface area contributed by atoms with Crippen molar-refractivity contribution in [2.45, 2.75) is 62.8 Å². The standard InChI is InChI=1S/C27H29FN2O4/c28-25-15-20(5-8-26(25)34-23-13-18-3-4-19(14-23)29-18)30-10-9-17-12-21(6-7-24(17)27(30)31)33-16-22-2-1-11-32-22/h5-10,12,15,18-19,22-23,29H,1-4,11,13-14,16H2. The van der Waals surface area contributed by atoms with E-state index in [1.165, 1.54) is 23.5 Å². The van der Waals surface area contributed by atoms with Crippen LogP contribution in [-0.2, 0) is 4.74 Å². The van der Waals surface area contributed by atoms with Crippen molar-refractivity contribution in [3.8, 4) is 17.2 Å². The molecular weight excluding hydrogens is 435 g/mol. The van der Waals surface area contributed by atoms with Crippen LogP contribution in [0.4, 0.5) is 4.39 Å². The van der Waals surface area contributed by atoms with E-state index < -0.39 is 5.82 Å². The second-order valence-corrected chi connectivity index (χ2v) is 9.65. The summed E-state index contributed by atoms with van der Waals surface area (Å²) in [6.07, 6.45) is 8.06. The maximum atomic E-state index is 14.9. The lowest BCUT2D eigenvalue weighted by molar-refractivity contribution is 0.0680. The van der Waals surface area contributed by atoms with E-state index >= 15 is 0 Å². The van der Waals surface area contributed by atoms with Crippen molar-refractivity contribution in [3.05, 3.63) is 64.8 Å². The number of aromatic nitrogens is 1. The molecule has 34 heavy (non-hydrogen) atoms. The van der Waals surface area contributed by atoms with Crippen molar-refractivity contribution < 1.29 is 18.6 Å². The zero-order valence-electron chi connectivity index (χ0n) is 19.0. The van der Waals surface area contributed by atoms with Crippen LogP contribution in [0.2, 0.25) is 0 Å². The molecule has 3 unspecified atom stereocenters. The number of benzene rings is 2. The summed E-state index contributed by atoms with van der Waals surface area (Å²) >= 11 is 0. The molecule has 2 aromatic carbocycles. The fraction of sp³-hybridized carbons (Fsp3) is 0.444. The predicted molar refractivity (Wildman–Crippen MR) is 128 cm³/mol. The number of hydrogen-bond acceptors (Lipinski definition) is 5. The van der Waals surface area contributed by atoms with Crippen molar-refractivity contribution in [2.24, 2.45) is 0 Å². The quantitative estimate of drug-likeness (QED) is 0.588. The molecule has 0 radical (unpaired) electrons. The molecule has 1 aromatic heterocycles. The Morgan fingerprint density at radius 1 is 1.06 bits per heavy atom. The summed E-state index contributed by atoms with van der Waals surface area (Å²) in [4.78, 5) is 13.1. The van der Waals surface area contributed by atoms with Crippen molar-refractivity contribution >= 4 is 10.8 Å². The third-order valence-corrected chi connectivity index (χ3v) is 7.25. The van der Waals surface area contributed by atoms with E-state index in [0.717, 1.165) is 37.7 Å². The molecule has 3 fully saturated rings. The lowest BCUT2D eigenvalue weighted by atomic mass is 10.0. The highest BCUT2D eigenvalue weighted by Gasteiger charge is 2.34. The van der Waals surface area contributed by atoms with Gasteiger partial charge in [-0.3, -0.25) is 9.36 Å². The van der Waals surface area contributed by atoms with Crippen LogP contribution in [0.5, 0.6) is 11.5 Å². The maximum absolute atomic E-state index is 14.9. The Bertz CT molecular complexity index is 1240. The molecule has 1 N–H and O–H groups in total. The summed E-state index contributed by atoms with van der Waals surface area (Å²) in [6, 6.07) is 13.0. The Hall–Kier alpha value is -2.90. The Morgan fingerprint density at radius 2 is 1.91 bits per heavy atom. The second-order valence-electron chi connectivity index (χ2n) is 9.65. The predicted octanol–water partition coefficient (Wildman–Crippen LogP) is 4.35. The van der Waals surface area contributed by atoms with Gasteiger partial charge in [-0.15, -0.1) is 0 Å². The maximum Gasteiger partial charge on any atom is 0.262 e. The highest BCUT2D eigenvalue weighted by Crippen LogP contribution is 2.31. The van der Waals surface area contributed by atoms with Crippen LogP contribution in [-0.4, -0.2) is 42.1 Å². The van der Waals surface area contributed by atoms with Gasteiger partial charge in [0.25, 0.3) is 5.56 Å². The van der Waals surface area contributed by atoms with Gasteiger partial charge >= 0.3 is 0 Å². The fourth-order valence-electron chi connectivity index (χ4n) is 5.50. The van der Waals surface area contributed by atoms with Crippen molar-refractivity contribution in [1.82, 2.24) is 9.88 Å². The molecule has 2 bridgehead atoms. The molecule has 0 saturated carbocycles. The topological polar surface area (TPSA) is 61.7 Å². The first kappa shape index (κ1) is 21.6. The van der Waals surface area contributed by atoms with Crippen LogP contribution in [0.1, 0.15) is 38.5 Å². The van der Waals surface area contributed by atoms with Gasteiger partial charge in [-0.25, -0.2) is 4.39 Å². The lowest BCUT2D eigenvalue weighted by Gasteiger charge is -2.29. The van der Waals surface area contributed by atoms with E-state index in [2.05, 4.69) is 5.32 Å². The number of ether oxygens (including phenoxy) is 3. The third kappa shape index (κ3) is 4.30. The van der Waals surface area contributed by atoms with Gasteiger partial charge in [0, 0.05) is 36.3 Å². The van der Waals surface area contributed by atoms with Crippen LogP contribution >= 0.6 is 0 Å². The van der Waals surface area contributed by atoms with Gasteiger partial charge in [0.1, 0.15) is 18.5 Å². The molecule has 0 amide bonds. The molecule has 3 aliphatic rings. The number of hydrogen-bond donors (Lipinski definition) is 1. The molecule has 3 aromatic rings. The number of piperidine rings is 1. The van der Waals surface area contributed by atoms with E-state index in [4.69, 9.17) is 14.2 Å². The van der Waals surface area contributed by atoms with E-state index in [0.29, 0.717) is 35.5 Å². The number of pyridine rings is 1. The average molecular weight is 465 g/mol. The Kier molecular flexibility index (Phi) is 5.75. The highest BCUT2D eigenvalue weighted by atomic mass is 19.1. The molecule has 0 aliphatic carbocycles. The lowest BCUT2D eigenvalue weighted by Crippen LogP contribution is -2.42. The molecule has 6 nitrogen and oxygen atoms in total. The van der Waals surface area contributed by atoms with Crippen molar-refractivity contribution in [1.29, 1.82) is 0 Å². The minimum Gasteiger partial charge on any atom is -0.491 e. The fourth-order valence-corrected chi connectivity index (χ4v) is 5.50. The van der Waals surface area contributed by atoms with E-state index in [1.54, 1.807) is 30.5 Å². The van der Waals surface area contributed by atoms with Gasteiger partial charge in [0.15, 0.2) is 11.6 Å². The number of rotatable bonds is 6. The van der Waals surface area contributed by atoms with E-state index in [9.17, 15) is 9.18 Å². The smallest absolute Gasteiger partial charge is 0.262 e. The first-order chi connectivity index (χ1) is 16.6. The molecule has 3 saturated heterocycles. The molecule has 7 heteroatoms. The summed E-state index contributed by atoms with van der Waals surface area (Å²) < 4.78 is 33.9. The summed E-state index contributed by atoms with van der Waals surface area (Å²) in [5.74, 6) is 0.504.